The number of rotatable bonds is 3. The lowest BCUT2D eigenvalue weighted by Gasteiger charge is -2.17. The third kappa shape index (κ3) is 2.61. The lowest BCUT2D eigenvalue weighted by molar-refractivity contribution is 0.0635. The standard InChI is InChI=1S/C12H12O8S/c13-7-3-21(16,17)4-11(7)20-8-2-10-9(18-5-19-10)1-6(8)12(14)15/h1-2,7,11,13H,3-5H2,(H,14,15). The molecule has 1 aromatic carbocycles. The molecule has 21 heavy (non-hydrogen) atoms. The van der Waals surface area contributed by atoms with Crippen LogP contribution < -0.4 is 14.2 Å². The zero-order valence-electron chi connectivity index (χ0n) is 10.7. The Kier molecular flexibility index (Phi) is 3.18. The lowest BCUT2D eigenvalue weighted by Crippen LogP contribution is -2.30. The van der Waals surface area contributed by atoms with Crippen molar-refractivity contribution < 1.29 is 37.6 Å². The maximum absolute atomic E-state index is 11.4. The summed E-state index contributed by atoms with van der Waals surface area (Å²) in [6.45, 7) is -0.0295. The number of carboxylic acids is 1. The van der Waals surface area contributed by atoms with Crippen LogP contribution in [0.4, 0.5) is 0 Å². The van der Waals surface area contributed by atoms with Crippen LogP contribution in [0.1, 0.15) is 10.4 Å². The smallest absolute Gasteiger partial charge is 0.339 e. The highest BCUT2D eigenvalue weighted by molar-refractivity contribution is 7.91. The van der Waals surface area contributed by atoms with Crippen molar-refractivity contribution in [2.24, 2.45) is 0 Å². The fourth-order valence-electron chi connectivity index (χ4n) is 2.26. The van der Waals surface area contributed by atoms with Gasteiger partial charge in [-0.15, -0.1) is 0 Å². The third-order valence-electron chi connectivity index (χ3n) is 3.26. The second kappa shape index (κ2) is 4.78. The average Bonchev–Trinajstić information content (AvgIpc) is 2.92. The zero-order valence-corrected chi connectivity index (χ0v) is 11.5. The molecule has 3 rings (SSSR count). The molecule has 0 bridgehead atoms. The summed E-state index contributed by atoms with van der Waals surface area (Å²) in [4.78, 5) is 11.2. The molecule has 2 N–H and O–H groups in total. The van der Waals surface area contributed by atoms with Gasteiger partial charge in [0.25, 0.3) is 0 Å². The summed E-state index contributed by atoms with van der Waals surface area (Å²) in [5.74, 6) is -1.48. The Morgan fingerprint density at radius 2 is 1.90 bits per heavy atom. The van der Waals surface area contributed by atoms with Crippen LogP contribution >= 0.6 is 0 Å². The minimum atomic E-state index is -3.39. The summed E-state index contributed by atoms with van der Waals surface area (Å²) >= 11 is 0. The summed E-state index contributed by atoms with van der Waals surface area (Å²) in [6.07, 6.45) is -2.20. The van der Waals surface area contributed by atoms with Gasteiger partial charge in [0, 0.05) is 12.1 Å². The van der Waals surface area contributed by atoms with Crippen molar-refractivity contribution in [1.82, 2.24) is 0 Å². The highest BCUT2D eigenvalue weighted by Gasteiger charge is 2.39. The Hall–Kier alpha value is -2.00. The quantitative estimate of drug-likeness (QED) is 0.776. The van der Waals surface area contributed by atoms with Crippen molar-refractivity contribution in [3.05, 3.63) is 17.7 Å². The first kappa shape index (κ1) is 14.0. The number of ether oxygens (including phenoxy) is 3. The second-order valence-electron chi connectivity index (χ2n) is 4.81. The number of carbonyl (C=O) groups is 1. The monoisotopic (exact) mass is 316 g/mol. The van der Waals surface area contributed by atoms with Crippen molar-refractivity contribution in [2.45, 2.75) is 12.2 Å². The topological polar surface area (TPSA) is 119 Å². The molecule has 0 spiro atoms. The van der Waals surface area contributed by atoms with E-state index in [9.17, 15) is 23.4 Å². The summed E-state index contributed by atoms with van der Waals surface area (Å²) in [5.41, 5.74) is -0.184. The predicted octanol–water partition coefficient (Wildman–Crippen LogP) is -0.350. The van der Waals surface area contributed by atoms with Gasteiger partial charge < -0.3 is 24.4 Å². The molecule has 8 nitrogen and oxygen atoms in total. The Morgan fingerprint density at radius 3 is 2.48 bits per heavy atom. The minimum absolute atomic E-state index is 0.0295. The van der Waals surface area contributed by atoms with Crippen molar-refractivity contribution in [1.29, 1.82) is 0 Å². The molecular formula is C12H12O8S. The van der Waals surface area contributed by atoms with Crippen molar-refractivity contribution in [3.8, 4) is 17.2 Å². The first-order valence-electron chi connectivity index (χ1n) is 6.08. The average molecular weight is 316 g/mol. The largest absolute Gasteiger partial charge is 0.486 e. The van der Waals surface area contributed by atoms with E-state index >= 15 is 0 Å². The highest BCUT2D eigenvalue weighted by atomic mass is 32.2. The number of hydrogen-bond acceptors (Lipinski definition) is 7. The van der Waals surface area contributed by atoms with Crippen LogP contribution in [0.2, 0.25) is 0 Å². The molecule has 2 heterocycles. The number of aliphatic hydroxyl groups excluding tert-OH is 1. The van der Waals surface area contributed by atoms with Gasteiger partial charge in [-0.25, -0.2) is 13.2 Å². The molecule has 9 heteroatoms. The van der Waals surface area contributed by atoms with E-state index in [-0.39, 0.29) is 29.6 Å². The number of sulfone groups is 1. The molecule has 0 radical (unpaired) electrons. The van der Waals surface area contributed by atoms with Crippen LogP contribution in [-0.4, -0.2) is 55.1 Å². The molecule has 114 valence electrons. The molecule has 0 aromatic heterocycles. The van der Waals surface area contributed by atoms with E-state index < -0.39 is 33.8 Å². The van der Waals surface area contributed by atoms with E-state index in [1.807, 2.05) is 0 Å². The van der Waals surface area contributed by atoms with Gasteiger partial charge in [-0.3, -0.25) is 0 Å². The molecule has 2 unspecified atom stereocenters. The van der Waals surface area contributed by atoms with Crippen molar-refractivity contribution in [2.75, 3.05) is 18.3 Å². The fraction of sp³-hybridized carbons (Fsp3) is 0.417. The summed E-state index contributed by atoms with van der Waals surface area (Å²) in [5, 5.41) is 18.9. The number of fused-ring (bicyclic) bond motifs is 1. The summed E-state index contributed by atoms with van der Waals surface area (Å²) in [6, 6.07) is 2.57. The van der Waals surface area contributed by atoms with Gasteiger partial charge in [0.2, 0.25) is 6.79 Å². The summed E-state index contributed by atoms with van der Waals surface area (Å²) < 4.78 is 38.5. The molecule has 1 fully saturated rings. The SMILES string of the molecule is O=C(O)c1cc2c(cc1OC1CS(=O)(=O)CC1O)OCO2. The first-order chi connectivity index (χ1) is 9.85. The van der Waals surface area contributed by atoms with E-state index in [0.717, 1.165) is 0 Å². The second-order valence-corrected chi connectivity index (χ2v) is 6.96. The van der Waals surface area contributed by atoms with Crippen molar-refractivity contribution >= 4 is 15.8 Å². The van der Waals surface area contributed by atoms with Gasteiger partial charge in [-0.2, -0.15) is 0 Å². The van der Waals surface area contributed by atoms with E-state index in [1.54, 1.807) is 0 Å². The molecular weight excluding hydrogens is 304 g/mol. The predicted molar refractivity (Wildman–Crippen MR) is 68.6 cm³/mol. The molecule has 1 saturated heterocycles. The Balaban J connectivity index is 1.93. The Morgan fingerprint density at radius 1 is 1.24 bits per heavy atom. The van der Waals surface area contributed by atoms with Crippen molar-refractivity contribution in [3.63, 3.8) is 0 Å². The number of aromatic carboxylic acids is 1. The molecule has 1 aromatic rings. The molecule has 0 saturated carbocycles. The van der Waals surface area contributed by atoms with E-state index in [4.69, 9.17) is 14.2 Å². The number of carboxylic acid groups (broad SMARTS) is 1. The molecule has 0 aliphatic carbocycles. The number of benzene rings is 1. The number of aliphatic hydroxyl groups is 1. The third-order valence-corrected chi connectivity index (χ3v) is 4.94. The highest BCUT2D eigenvalue weighted by Crippen LogP contribution is 2.39. The van der Waals surface area contributed by atoms with E-state index in [1.165, 1.54) is 12.1 Å². The number of hydrogen-bond donors (Lipinski definition) is 2. The van der Waals surface area contributed by atoms with Crippen LogP contribution in [0.25, 0.3) is 0 Å². The molecule has 2 aliphatic rings. The van der Waals surface area contributed by atoms with Crippen LogP contribution in [0.5, 0.6) is 17.2 Å². The van der Waals surface area contributed by atoms with E-state index in [0.29, 0.717) is 5.75 Å². The molecule has 0 amide bonds. The van der Waals surface area contributed by atoms with Crippen LogP contribution in [-0.2, 0) is 9.84 Å². The van der Waals surface area contributed by atoms with Gasteiger partial charge >= 0.3 is 5.97 Å². The van der Waals surface area contributed by atoms with Crippen LogP contribution in [0, 0.1) is 0 Å². The Bertz CT molecular complexity index is 695. The van der Waals surface area contributed by atoms with Gasteiger partial charge in [0.05, 0.1) is 11.5 Å². The van der Waals surface area contributed by atoms with Crippen LogP contribution in [0.3, 0.4) is 0 Å². The molecule has 2 atom stereocenters. The lowest BCUT2D eigenvalue weighted by atomic mass is 10.1. The minimum Gasteiger partial charge on any atom is -0.486 e. The van der Waals surface area contributed by atoms with Crippen LogP contribution in [0.15, 0.2) is 12.1 Å². The van der Waals surface area contributed by atoms with Gasteiger partial charge in [-0.1, -0.05) is 0 Å². The maximum atomic E-state index is 11.4. The molecule has 2 aliphatic heterocycles. The van der Waals surface area contributed by atoms with Gasteiger partial charge in [-0.05, 0) is 0 Å². The van der Waals surface area contributed by atoms with Gasteiger partial charge in [0.15, 0.2) is 21.3 Å². The first-order valence-corrected chi connectivity index (χ1v) is 7.90. The summed E-state index contributed by atoms with van der Waals surface area (Å²) in [7, 11) is -3.39. The van der Waals surface area contributed by atoms with Gasteiger partial charge in [0.1, 0.15) is 23.5 Å². The maximum Gasteiger partial charge on any atom is 0.339 e. The van der Waals surface area contributed by atoms with E-state index in [2.05, 4.69) is 0 Å². The fourth-order valence-corrected chi connectivity index (χ4v) is 3.92. The zero-order chi connectivity index (χ0) is 15.2. The normalized spacial score (nSPS) is 25.8. The Labute approximate surface area is 119 Å².